The van der Waals surface area contributed by atoms with Crippen LogP contribution < -0.4 is 5.43 Å². The molecule has 0 bridgehead atoms. The summed E-state index contributed by atoms with van der Waals surface area (Å²) in [7, 11) is 0. The maximum absolute atomic E-state index is 11.5. The number of hydroxylamine groups is 1. The van der Waals surface area contributed by atoms with E-state index in [2.05, 4.69) is 5.43 Å². The number of hydrogen-bond acceptors (Lipinski definition) is 13. The summed E-state index contributed by atoms with van der Waals surface area (Å²) < 4.78 is 15.7. The van der Waals surface area contributed by atoms with Crippen LogP contribution in [0.1, 0.15) is 13.8 Å². The van der Waals surface area contributed by atoms with Crippen LogP contribution in [0, 0.1) is 0 Å². The Kier molecular flexibility index (Phi) is 9.04. The number of amides is 2. The first-order valence-electron chi connectivity index (χ1n) is 9.29. The lowest BCUT2D eigenvalue weighted by Crippen LogP contribution is -2.64. The van der Waals surface area contributed by atoms with E-state index < -0.39 is 86.4 Å². The average molecular weight is 455 g/mol. The molecular weight excluding hydrogens is 428 g/mol. The topological polar surface area (TPSA) is 230 Å². The van der Waals surface area contributed by atoms with Crippen LogP contribution in [0.25, 0.3) is 0 Å². The summed E-state index contributed by atoms with van der Waals surface area (Å²) in [6.45, 7) is 0.756. The van der Waals surface area contributed by atoms with E-state index in [1.807, 2.05) is 0 Å². The first-order valence-corrected chi connectivity index (χ1v) is 9.29. The van der Waals surface area contributed by atoms with Gasteiger partial charge in [-0.25, -0.2) is 4.84 Å². The van der Waals surface area contributed by atoms with Gasteiger partial charge in [0.25, 0.3) is 11.8 Å². The minimum Gasteiger partial charge on any atom is -0.394 e. The van der Waals surface area contributed by atoms with E-state index in [4.69, 9.17) is 19.0 Å². The van der Waals surface area contributed by atoms with Gasteiger partial charge in [0.2, 0.25) is 0 Å². The number of hydrogen-bond donors (Lipinski definition) is 7. The van der Waals surface area contributed by atoms with Gasteiger partial charge in [-0.2, -0.15) is 0 Å². The fourth-order valence-electron chi connectivity index (χ4n) is 3.02. The molecule has 0 aromatic carbocycles. The minimum absolute atomic E-state index is 0.351. The number of aliphatic hydroxyl groups is 7. The van der Waals surface area contributed by atoms with Crippen molar-refractivity contribution in [3.8, 4) is 0 Å². The molecule has 7 N–H and O–H groups in total. The number of nitrogens with zero attached hydrogens (tertiary/aromatic N) is 2. The van der Waals surface area contributed by atoms with E-state index in [1.165, 1.54) is 0 Å². The molecule has 0 aromatic heterocycles. The van der Waals surface area contributed by atoms with Gasteiger partial charge in [-0.1, -0.05) is 5.17 Å². The molecule has 179 valence electrons. The Labute approximate surface area is 176 Å². The SMILES string of the molecule is CC(=O)[N]N(OC[C@H]1O[C@@H](O[C@H]2[C@H](O)[C@@H](O)[C@@H](O)O[C@@H]2CO)[C@H](O)[C@@H](O)[C@H]1O)C(C)=O. The molecule has 2 aliphatic heterocycles. The summed E-state index contributed by atoms with van der Waals surface area (Å²) in [5.41, 5.74) is 3.29. The largest absolute Gasteiger partial charge is 0.394 e. The van der Waals surface area contributed by atoms with Crippen LogP contribution in [0.3, 0.4) is 0 Å². The third-order valence-electron chi connectivity index (χ3n) is 4.66. The number of rotatable bonds is 6. The smallest absolute Gasteiger partial charge is 0.266 e. The van der Waals surface area contributed by atoms with Gasteiger partial charge >= 0.3 is 0 Å². The van der Waals surface area contributed by atoms with Crippen molar-refractivity contribution in [1.29, 1.82) is 0 Å². The molecular formula is C16H27N2O13. The molecule has 2 heterocycles. The van der Waals surface area contributed by atoms with Crippen molar-refractivity contribution in [1.82, 2.24) is 10.6 Å². The minimum atomic E-state index is -1.84. The molecule has 0 aliphatic carbocycles. The highest BCUT2D eigenvalue weighted by molar-refractivity contribution is 5.78. The normalized spacial score (nSPS) is 40.9. The van der Waals surface area contributed by atoms with Crippen molar-refractivity contribution in [3.63, 3.8) is 0 Å². The number of aliphatic hydroxyl groups excluding tert-OH is 7. The number of carbonyl (C=O) groups is 2. The summed E-state index contributed by atoms with van der Waals surface area (Å²) in [6, 6.07) is 0. The van der Waals surface area contributed by atoms with E-state index in [9.17, 15) is 45.3 Å². The van der Waals surface area contributed by atoms with Gasteiger partial charge in [0.15, 0.2) is 12.6 Å². The fourth-order valence-corrected chi connectivity index (χ4v) is 3.02. The predicted molar refractivity (Wildman–Crippen MR) is 92.8 cm³/mol. The van der Waals surface area contributed by atoms with E-state index in [1.54, 1.807) is 0 Å². The Morgan fingerprint density at radius 2 is 1.55 bits per heavy atom. The molecule has 2 amide bonds. The Morgan fingerprint density at radius 3 is 2.10 bits per heavy atom. The fraction of sp³-hybridized carbons (Fsp3) is 0.875. The van der Waals surface area contributed by atoms with Crippen LogP contribution in [0.2, 0.25) is 0 Å². The molecule has 1 radical (unpaired) electrons. The monoisotopic (exact) mass is 455 g/mol. The highest BCUT2D eigenvalue weighted by Crippen LogP contribution is 2.28. The molecule has 0 unspecified atom stereocenters. The molecule has 10 atom stereocenters. The summed E-state index contributed by atoms with van der Waals surface area (Å²) >= 11 is 0. The van der Waals surface area contributed by atoms with E-state index in [-0.39, 0.29) is 0 Å². The Bertz CT molecular complexity index is 622. The molecule has 31 heavy (non-hydrogen) atoms. The van der Waals surface area contributed by atoms with Gasteiger partial charge in [0.1, 0.15) is 55.4 Å². The molecule has 15 heteroatoms. The van der Waals surface area contributed by atoms with Gasteiger partial charge in [0, 0.05) is 13.8 Å². The lowest BCUT2D eigenvalue weighted by molar-refractivity contribution is -0.359. The van der Waals surface area contributed by atoms with Gasteiger partial charge in [-0.15, -0.1) is 5.43 Å². The second-order valence-electron chi connectivity index (χ2n) is 7.05. The van der Waals surface area contributed by atoms with Crippen LogP contribution in [0.4, 0.5) is 0 Å². The first-order chi connectivity index (χ1) is 14.5. The zero-order valence-corrected chi connectivity index (χ0v) is 16.7. The van der Waals surface area contributed by atoms with Crippen LogP contribution in [-0.4, -0.2) is 127 Å². The molecule has 2 aliphatic rings. The van der Waals surface area contributed by atoms with Gasteiger partial charge in [-0.05, 0) is 0 Å². The lowest BCUT2D eigenvalue weighted by Gasteiger charge is -2.45. The Balaban J connectivity index is 2.09. The molecule has 15 nitrogen and oxygen atoms in total. The maximum atomic E-state index is 11.5. The molecule has 0 saturated carbocycles. The van der Waals surface area contributed by atoms with Crippen LogP contribution >= 0.6 is 0 Å². The third kappa shape index (κ3) is 6.05. The lowest BCUT2D eigenvalue weighted by atomic mass is 9.97. The van der Waals surface area contributed by atoms with Crippen LogP contribution in [-0.2, 0) is 28.6 Å². The zero-order valence-electron chi connectivity index (χ0n) is 16.7. The molecule has 2 saturated heterocycles. The second-order valence-corrected chi connectivity index (χ2v) is 7.05. The second kappa shape index (κ2) is 10.9. The number of carbonyl (C=O) groups excluding carboxylic acids is 2. The van der Waals surface area contributed by atoms with Gasteiger partial charge in [-0.3, -0.25) is 9.59 Å². The van der Waals surface area contributed by atoms with E-state index in [0.717, 1.165) is 13.8 Å². The first kappa shape index (κ1) is 25.8. The van der Waals surface area contributed by atoms with Crippen LogP contribution in [0.15, 0.2) is 0 Å². The summed E-state index contributed by atoms with van der Waals surface area (Å²) in [5.74, 6) is -1.52. The van der Waals surface area contributed by atoms with Crippen molar-refractivity contribution >= 4 is 11.8 Å². The van der Waals surface area contributed by atoms with E-state index >= 15 is 0 Å². The highest BCUT2D eigenvalue weighted by Gasteiger charge is 2.50. The quantitative estimate of drug-likeness (QED) is 0.185. The average Bonchev–Trinajstić information content (AvgIpc) is 2.71. The van der Waals surface area contributed by atoms with Crippen molar-refractivity contribution in [2.24, 2.45) is 0 Å². The Hall–Kier alpha value is -1.50. The zero-order chi connectivity index (χ0) is 23.5. The Morgan fingerprint density at radius 1 is 0.903 bits per heavy atom. The standard InChI is InChI=1S/C16H27N2O13/c1-5(20)17-18(6(2)21)28-4-8-9(22)10(23)13(26)16(30-8)31-14-7(3-19)29-15(27)12(25)11(14)24/h7-16,19,22-27H,3-4H2,1-2H3/t7-,8-,9+,10+,11-,12-,13-,14-,15+,16+/m1/s1. The summed E-state index contributed by atoms with van der Waals surface area (Å²) in [6.07, 6.45) is -16.7. The summed E-state index contributed by atoms with van der Waals surface area (Å²) in [4.78, 5) is 27.6. The van der Waals surface area contributed by atoms with Crippen molar-refractivity contribution < 1.29 is 64.4 Å². The molecule has 0 spiro atoms. The number of ether oxygens (including phenoxy) is 3. The highest BCUT2D eigenvalue weighted by atomic mass is 16.8. The third-order valence-corrected chi connectivity index (χ3v) is 4.66. The van der Waals surface area contributed by atoms with Gasteiger partial charge < -0.3 is 50.0 Å². The molecule has 2 fully saturated rings. The maximum Gasteiger partial charge on any atom is 0.266 e. The van der Waals surface area contributed by atoms with Crippen LogP contribution in [0.5, 0.6) is 0 Å². The van der Waals surface area contributed by atoms with Gasteiger partial charge in [0.05, 0.1) is 6.61 Å². The van der Waals surface area contributed by atoms with Crippen molar-refractivity contribution in [3.05, 3.63) is 0 Å². The predicted octanol–water partition coefficient (Wildman–Crippen LogP) is -5.54. The molecule has 0 aromatic rings. The summed E-state index contributed by atoms with van der Waals surface area (Å²) in [5, 5.41) is 69.6. The van der Waals surface area contributed by atoms with Crippen molar-refractivity contribution in [2.45, 2.75) is 75.3 Å². The van der Waals surface area contributed by atoms with Crippen molar-refractivity contribution in [2.75, 3.05) is 13.2 Å². The molecule has 2 rings (SSSR count). The van der Waals surface area contributed by atoms with E-state index in [0.29, 0.717) is 5.17 Å².